The van der Waals surface area contributed by atoms with Crippen molar-refractivity contribution in [1.82, 2.24) is 5.32 Å². The van der Waals surface area contributed by atoms with Crippen molar-refractivity contribution in [2.24, 2.45) is 0 Å². The minimum absolute atomic E-state index is 0.0405. The van der Waals surface area contributed by atoms with E-state index in [1.807, 2.05) is 26.0 Å². The summed E-state index contributed by atoms with van der Waals surface area (Å²) in [4.78, 5) is 0. The molecule has 0 heterocycles. The fourth-order valence-corrected chi connectivity index (χ4v) is 1.79. The molecule has 0 radical (unpaired) electrons. The van der Waals surface area contributed by atoms with Gasteiger partial charge in [0.25, 0.3) is 0 Å². The lowest BCUT2D eigenvalue weighted by molar-refractivity contribution is 0.242. The van der Waals surface area contributed by atoms with Crippen molar-refractivity contribution in [2.75, 3.05) is 13.7 Å². The summed E-state index contributed by atoms with van der Waals surface area (Å²) in [6.07, 6.45) is 0. The second-order valence-corrected chi connectivity index (χ2v) is 4.29. The van der Waals surface area contributed by atoms with Crippen LogP contribution >= 0.6 is 11.6 Å². The molecule has 0 aromatic heterocycles. The minimum Gasteiger partial charge on any atom is -0.496 e. The molecule has 0 saturated heterocycles. The van der Waals surface area contributed by atoms with Crippen LogP contribution in [0.5, 0.6) is 5.75 Å². The van der Waals surface area contributed by atoms with E-state index >= 15 is 0 Å². The van der Waals surface area contributed by atoms with Gasteiger partial charge in [-0.1, -0.05) is 11.6 Å². The molecule has 2 atom stereocenters. The molecule has 0 saturated carbocycles. The van der Waals surface area contributed by atoms with Crippen LogP contribution in [-0.2, 0) is 0 Å². The SMILES string of the molecule is COc1ccc(Cl)cc1C(C)N[C@H](C)CO. The average Bonchev–Trinajstić information content (AvgIpc) is 2.28. The van der Waals surface area contributed by atoms with E-state index in [1.165, 1.54) is 0 Å². The summed E-state index contributed by atoms with van der Waals surface area (Å²) in [7, 11) is 1.63. The van der Waals surface area contributed by atoms with Gasteiger partial charge in [0, 0.05) is 22.7 Å². The van der Waals surface area contributed by atoms with Crippen LogP contribution in [0.25, 0.3) is 0 Å². The van der Waals surface area contributed by atoms with Gasteiger partial charge in [-0.25, -0.2) is 0 Å². The van der Waals surface area contributed by atoms with Crippen LogP contribution in [0, 0.1) is 0 Å². The Morgan fingerprint density at radius 2 is 2.12 bits per heavy atom. The Bertz CT molecular complexity index is 344. The smallest absolute Gasteiger partial charge is 0.123 e. The molecule has 1 aromatic carbocycles. The molecule has 0 bridgehead atoms. The number of aliphatic hydroxyl groups is 1. The summed E-state index contributed by atoms with van der Waals surface area (Å²) in [5.41, 5.74) is 0.996. The first kappa shape index (κ1) is 13.3. The van der Waals surface area contributed by atoms with Gasteiger partial charge >= 0.3 is 0 Å². The predicted molar refractivity (Wildman–Crippen MR) is 66.1 cm³/mol. The number of ether oxygens (including phenoxy) is 1. The third kappa shape index (κ3) is 3.37. The van der Waals surface area contributed by atoms with Gasteiger partial charge in [0.15, 0.2) is 0 Å². The third-order valence-corrected chi connectivity index (χ3v) is 2.70. The van der Waals surface area contributed by atoms with Crippen LogP contribution in [0.3, 0.4) is 0 Å². The molecule has 90 valence electrons. The molecule has 3 nitrogen and oxygen atoms in total. The second kappa shape index (κ2) is 6.09. The number of halogens is 1. The highest BCUT2D eigenvalue weighted by Crippen LogP contribution is 2.28. The maximum Gasteiger partial charge on any atom is 0.123 e. The first-order valence-electron chi connectivity index (χ1n) is 5.28. The van der Waals surface area contributed by atoms with E-state index in [4.69, 9.17) is 21.4 Å². The number of nitrogens with one attached hydrogen (secondary N) is 1. The van der Waals surface area contributed by atoms with Gasteiger partial charge in [0.2, 0.25) is 0 Å². The molecular weight excluding hydrogens is 226 g/mol. The molecule has 4 heteroatoms. The molecule has 0 spiro atoms. The fourth-order valence-electron chi connectivity index (χ4n) is 1.61. The van der Waals surface area contributed by atoms with Crippen LogP contribution in [-0.4, -0.2) is 24.9 Å². The maximum atomic E-state index is 8.99. The number of hydrogen-bond acceptors (Lipinski definition) is 3. The highest BCUT2D eigenvalue weighted by atomic mass is 35.5. The highest BCUT2D eigenvalue weighted by Gasteiger charge is 2.13. The van der Waals surface area contributed by atoms with Crippen LogP contribution in [0.15, 0.2) is 18.2 Å². The van der Waals surface area contributed by atoms with E-state index in [0.29, 0.717) is 5.02 Å². The van der Waals surface area contributed by atoms with Crippen molar-refractivity contribution in [2.45, 2.75) is 25.9 Å². The summed E-state index contributed by atoms with van der Waals surface area (Å²) in [6, 6.07) is 5.64. The van der Waals surface area contributed by atoms with Crippen molar-refractivity contribution in [3.63, 3.8) is 0 Å². The lowest BCUT2D eigenvalue weighted by Crippen LogP contribution is -2.31. The van der Waals surface area contributed by atoms with Crippen LogP contribution in [0.1, 0.15) is 25.5 Å². The first-order valence-corrected chi connectivity index (χ1v) is 5.66. The molecule has 1 aromatic rings. The normalized spacial score (nSPS) is 14.6. The summed E-state index contributed by atoms with van der Waals surface area (Å²) >= 11 is 5.96. The Morgan fingerprint density at radius 1 is 1.44 bits per heavy atom. The molecule has 0 aliphatic rings. The lowest BCUT2D eigenvalue weighted by atomic mass is 10.1. The standard InChI is InChI=1S/C12H18ClNO2/c1-8(7-15)14-9(2)11-6-10(13)4-5-12(11)16-3/h4-6,8-9,14-15H,7H2,1-3H3/t8-,9?/m1/s1. The number of benzene rings is 1. The maximum absolute atomic E-state index is 8.99. The van der Waals surface area contributed by atoms with E-state index in [1.54, 1.807) is 13.2 Å². The fraction of sp³-hybridized carbons (Fsp3) is 0.500. The van der Waals surface area contributed by atoms with Gasteiger partial charge in [-0.3, -0.25) is 0 Å². The Labute approximate surface area is 101 Å². The number of methoxy groups -OCH3 is 1. The minimum atomic E-state index is 0.0405. The third-order valence-electron chi connectivity index (χ3n) is 2.47. The number of aliphatic hydroxyl groups excluding tert-OH is 1. The van der Waals surface area contributed by atoms with Gasteiger partial charge in [-0.2, -0.15) is 0 Å². The molecule has 16 heavy (non-hydrogen) atoms. The quantitative estimate of drug-likeness (QED) is 0.835. The zero-order valence-corrected chi connectivity index (χ0v) is 10.6. The molecule has 1 unspecified atom stereocenters. The predicted octanol–water partition coefficient (Wildman–Crippen LogP) is 2.38. The topological polar surface area (TPSA) is 41.5 Å². The van der Waals surface area contributed by atoms with Gasteiger partial charge in [-0.15, -0.1) is 0 Å². The summed E-state index contributed by atoms with van der Waals surface area (Å²) in [5, 5.41) is 12.9. The van der Waals surface area contributed by atoms with Crippen molar-refractivity contribution in [1.29, 1.82) is 0 Å². The number of rotatable bonds is 5. The summed E-state index contributed by atoms with van der Waals surface area (Å²) in [5.74, 6) is 0.800. The molecular formula is C12H18ClNO2. The van der Waals surface area contributed by atoms with E-state index in [2.05, 4.69) is 5.32 Å². The van der Waals surface area contributed by atoms with E-state index in [9.17, 15) is 0 Å². The van der Waals surface area contributed by atoms with Crippen molar-refractivity contribution < 1.29 is 9.84 Å². The van der Waals surface area contributed by atoms with Gasteiger partial charge in [0.05, 0.1) is 13.7 Å². The largest absolute Gasteiger partial charge is 0.496 e. The highest BCUT2D eigenvalue weighted by molar-refractivity contribution is 6.30. The van der Waals surface area contributed by atoms with Crippen LogP contribution < -0.4 is 10.1 Å². The van der Waals surface area contributed by atoms with E-state index < -0.39 is 0 Å². The Balaban J connectivity index is 2.88. The lowest BCUT2D eigenvalue weighted by Gasteiger charge is -2.20. The van der Waals surface area contributed by atoms with Crippen molar-refractivity contribution >= 4 is 11.6 Å². The average molecular weight is 244 g/mol. The second-order valence-electron chi connectivity index (χ2n) is 3.86. The molecule has 0 fully saturated rings. The molecule has 0 amide bonds. The van der Waals surface area contributed by atoms with Crippen LogP contribution in [0.2, 0.25) is 5.02 Å². The monoisotopic (exact) mass is 243 g/mol. The van der Waals surface area contributed by atoms with E-state index in [-0.39, 0.29) is 18.7 Å². The number of hydrogen-bond donors (Lipinski definition) is 2. The van der Waals surface area contributed by atoms with Crippen molar-refractivity contribution in [3.8, 4) is 5.75 Å². The Kier molecular flexibility index (Phi) is 5.06. The molecule has 0 aliphatic carbocycles. The summed E-state index contributed by atoms with van der Waals surface area (Å²) < 4.78 is 5.28. The molecule has 1 rings (SSSR count). The Morgan fingerprint density at radius 3 is 2.69 bits per heavy atom. The van der Waals surface area contributed by atoms with Crippen molar-refractivity contribution in [3.05, 3.63) is 28.8 Å². The summed E-state index contributed by atoms with van der Waals surface area (Å²) in [6.45, 7) is 4.04. The van der Waals surface area contributed by atoms with E-state index in [0.717, 1.165) is 11.3 Å². The molecule has 0 aliphatic heterocycles. The zero-order chi connectivity index (χ0) is 12.1. The molecule has 2 N–H and O–H groups in total. The van der Waals surface area contributed by atoms with Crippen LogP contribution in [0.4, 0.5) is 0 Å². The van der Waals surface area contributed by atoms with Gasteiger partial charge in [0.1, 0.15) is 5.75 Å². The first-order chi connectivity index (χ1) is 7.58. The van der Waals surface area contributed by atoms with Gasteiger partial charge < -0.3 is 15.2 Å². The zero-order valence-electron chi connectivity index (χ0n) is 9.83. The van der Waals surface area contributed by atoms with Gasteiger partial charge in [-0.05, 0) is 32.0 Å². The Hall–Kier alpha value is -0.770.